The number of carbonyl (C=O) groups excluding carboxylic acids is 1. The molecule has 0 radical (unpaired) electrons. The molecule has 0 atom stereocenters. The van der Waals surface area contributed by atoms with Crippen LogP contribution in [-0.2, 0) is 4.74 Å². The standard InChI is InChI=1S/C23H27N3O2/c1-15(2)26-23(20(27)13-16-9-11-28-12-10-16)21(18-7-8-18)22(25-26)19-5-3-17(14-24)4-6-19/h3-6,15-16,18H,7-13H2,1-2H3. The molecular formula is C23H27N3O2. The highest BCUT2D eigenvalue weighted by molar-refractivity contribution is 5.98. The van der Waals surface area contributed by atoms with Crippen molar-refractivity contribution in [1.29, 1.82) is 5.26 Å². The van der Waals surface area contributed by atoms with Gasteiger partial charge in [0.25, 0.3) is 0 Å². The molecule has 0 spiro atoms. The average Bonchev–Trinajstić information content (AvgIpc) is 3.47. The Kier molecular flexibility index (Phi) is 5.32. The quantitative estimate of drug-likeness (QED) is 0.673. The molecule has 0 unspecified atom stereocenters. The molecule has 0 N–H and O–H groups in total. The Balaban J connectivity index is 1.74. The monoisotopic (exact) mass is 377 g/mol. The molecule has 2 heterocycles. The first-order chi connectivity index (χ1) is 13.6. The van der Waals surface area contributed by atoms with E-state index >= 15 is 0 Å². The smallest absolute Gasteiger partial charge is 0.181 e. The van der Waals surface area contributed by atoms with E-state index in [1.165, 1.54) is 0 Å². The van der Waals surface area contributed by atoms with Gasteiger partial charge in [0.05, 0.1) is 17.3 Å². The van der Waals surface area contributed by atoms with Crippen molar-refractivity contribution >= 4 is 5.78 Å². The van der Waals surface area contributed by atoms with Gasteiger partial charge in [-0.25, -0.2) is 0 Å². The molecule has 1 aliphatic carbocycles. The lowest BCUT2D eigenvalue weighted by atomic mass is 9.91. The topological polar surface area (TPSA) is 67.9 Å². The number of benzene rings is 1. The molecule has 1 aromatic heterocycles. The minimum absolute atomic E-state index is 0.123. The van der Waals surface area contributed by atoms with E-state index in [-0.39, 0.29) is 11.8 Å². The fraction of sp³-hybridized carbons (Fsp3) is 0.522. The number of nitriles is 1. The lowest BCUT2D eigenvalue weighted by Gasteiger charge is -2.22. The lowest BCUT2D eigenvalue weighted by molar-refractivity contribution is 0.0597. The predicted octanol–water partition coefficient (Wildman–Crippen LogP) is 4.88. The van der Waals surface area contributed by atoms with Crippen molar-refractivity contribution in [3.8, 4) is 17.3 Å². The second-order valence-corrected chi connectivity index (χ2v) is 8.30. The molecule has 1 aromatic carbocycles. The summed E-state index contributed by atoms with van der Waals surface area (Å²) >= 11 is 0. The van der Waals surface area contributed by atoms with Crippen LogP contribution in [0.4, 0.5) is 0 Å². The van der Waals surface area contributed by atoms with E-state index < -0.39 is 0 Å². The van der Waals surface area contributed by atoms with Crippen LogP contribution in [-0.4, -0.2) is 28.8 Å². The maximum atomic E-state index is 13.4. The molecule has 2 aromatic rings. The summed E-state index contributed by atoms with van der Waals surface area (Å²) in [6.07, 6.45) is 4.73. The van der Waals surface area contributed by atoms with Crippen LogP contribution in [0, 0.1) is 17.2 Å². The fourth-order valence-electron chi connectivity index (χ4n) is 4.08. The number of ether oxygens (including phenoxy) is 1. The number of hydrogen-bond donors (Lipinski definition) is 0. The summed E-state index contributed by atoms with van der Waals surface area (Å²) in [5, 5.41) is 14.0. The van der Waals surface area contributed by atoms with Crippen molar-refractivity contribution in [1.82, 2.24) is 9.78 Å². The van der Waals surface area contributed by atoms with Crippen molar-refractivity contribution in [3.63, 3.8) is 0 Å². The summed E-state index contributed by atoms with van der Waals surface area (Å²) in [7, 11) is 0. The molecule has 5 heteroatoms. The van der Waals surface area contributed by atoms with Crippen LogP contribution < -0.4 is 0 Å². The van der Waals surface area contributed by atoms with Gasteiger partial charge in [0.2, 0.25) is 0 Å². The van der Waals surface area contributed by atoms with E-state index in [2.05, 4.69) is 19.9 Å². The number of rotatable bonds is 6. The van der Waals surface area contributed by atoms with Gasteiger partial charge in [-0.3, -0.25) is 9.48 Å². The van der Waals surface area contributed by atoms with Gasteiger partial charge < -0.3 is 4.74 Å². The molecule has 5 nitrogen and oxygen atoms in total. The third-order valence-electron chi connectivity index (χ3n) is 5.79. The van der Waals surface area contributed by atoms with Gasteiger partial charge in [-0.2, -0.15) is 10.4 Å². The highest BCUT2D eigenvalue weighted by Gasteiger charge is 2.36. The highest BCUT2D eigenvalue weighted by Crippen LogP contribution is 2.47. The summed E-state index contributed by atoms with van der Waals surface area (Å²) in [6.45, 7) is 5.68. The van der Waals surface area contributed by atoms with Gasteiger partial charge in [0, 0.05) is 36.8 Å². The molecule has 2 fully saturated rings. The number of carbonyl (C=O) groups is 1. The maximum Gasteiger partial charge on any atom is 0.181 e. The molecule has 2 aliphatic rings. The second kappa shape index (κ2) is 7.89. The number of Topliss-reactive ketones (excluding diaryl/α,β-unsaturated/α-hetero) is 1. The number of hydrogen-bond acceptors (Lipinski definition) is 4. The summed E-state index contributed by atoms with van der Waals surface area (Å²) in [5.41, 5.74) is 4.46. The van der Waals surface area contributed by atoms with Crippen LogP contribution in [0.2, 0.25) is 0 Å². The number of nitrogens with zero attached hydrogens (tertiary/aromatic N) is 3. The normalized spacial score (nSPS) is 17.6. The van der Waals surface area contributed by atoms with E-state index in [1.807, 2.05) is 28.9 Å². The summed E-state index contributed by atoms with van der Waals surface area (Å²) < 4.78 is 7.38. The van der Waals surface area contributed by atoms with E-state index in [4.69, 9.17) is 15.1 Å². The van der Waals surface area contributed by atoms with Gasteiger partial charge in [-0.05, 0) is 63.5 Å². The van der Waals surface area contributed by atoms with Crippen molar-refractivity contribution in [2.45, 2.75) is 57.9 Å². The van der Waals surface area contributed by atoms with E-state index in [0.717, 1.165) is 61.4 Å². The number of aromatic nitrogens is 2. The molecule has 4 rings (SSSR count). The first-order valence-electron chi connectivity index (χ1n) is 10.3. The maximum absolute atomic E-state index is 13.4. The van der Waals surface area contributed by atoms with Crippen molar-refractivity contribution < 1.29 is 9.53 Å². The third kappa shape index (κ3) is 3.74. The zero-order valence-electron chi connectivity index (χ0n) is 16.6. The molecule has 28 heavy (non-hydrogen) atoms. The van der Waals surface area contributed by atoms with Crippen LogP contribution in [0.5, 0.6) is 0 Å². The Morgan fingerprint density at radius 3 is 2.46 bits per heavy atom. The zero-order valence-corrected chi connectivity index (χ0v) is 16.6. The van der Waals surface area contributed by atoms with Gasteiger partial charge in [-0.15, -0.1) is 0 Å². The van der Waals surface area contributed by atoms with Crippen LogP contribution in [0.25, 0.3) is 11.3 Å². The lowest BCUT2D eigenvalue weighted by Crippen LogP contribution is -2.21. The molecule has 0 bridgehead atoms. The first kappa shape index (κ1) is 18.9. The Hall–Kier alpha value is -2.45. The molecule has 146 valence electrons. The van der Waals surface area contributed by atoms with Crippen LogP contribution >= 0.6 is 0 Å². The molecule has 0 amide bonds. The Labute approximate surface area is 166 Å². The van der Waals surface area contributed by atoms with Gasteiger partial charge >= 0.3 is 0 Å². The first-order valence-corrected chi connectivity index (χ1v) is 10.3. The van der Waals surface area contributed by atoms with Crippen LogP contribution in [0.3, 0.4) is 0 Å². The SMILES string of the molecule is CC(C)n1nc(-c2ccc(C#N)cc2)c(C2CC2)c1C(=O)CC1CCOCC1. The van der Waals surface area contributed by atoms with Gasteiger partial charge in [0.15, 0.2) is 5.78 Å². The molecule has 1 saturated heterocycles. The number of ketones is 1. The highest BCUT2D eigenvalue weighted by atomic mass is 16.5. The van der Waals surface area contributed by atoms with E-state index in [9.17, 15) is 4.79 Å². The predicted molar refractivity (Wildman–Crippen MR) is 107 cm³/mol. The fourth-order valence-corrected chi connectivity index (χ4v) is 4.08. The zero-order chi connectivity index (χ0) is 19.7. The van der Waals surface area contributed by atoms with Gasteiger partial charge in [-0.1, -0.05) is 12.1 Å². The second-order valence-electron chi connectivity index (χ2n) is 8.30. The van der Waals surface area contributed by atoms with Crippen LogP contribution in [0.1, 0.15) is 79.5 Å². The van der Waals surface area contributed by atoms with Crippen LogP contribution in [0.15, 0.2) is 24.3 Å². The summed E-state index contributed by atoms with van der Waals surface area (Å²) in [5.74, 6) is 1.05. The Bertz CT molecular complexity index is 895. The van der Waals surface area contributed by atoms with E-state index in [1.54, 1.807) is 0 Å². The molecule has 1 aliphatic heterocycles. The average molecular weight is 377 g/mol. The Morgan fingerprint density at radius 1 is 1.21 bits per heavy atom. The van der Waals surface area contributed by atoms with Crippen molar-refractivity contribution in [3.05, 3.63) is 41.1 Å². The third-order valence-corrected chi connectivity index (χ3v) is 5.79. The largest absolute Gasteiger partial charge is 0.381 e. The minimum atomic E-state index is 0.123. The summed E-state index contributed by atoms with van der Waals surface area (Å²) in [6, 6.07) is 9.83. The van der Waals surface area contributed by atoms with Crippen molar-refractivity contribution in [2.75, 3.05) is 13.2 Å². The molecule has 1 saturated carbocycles. The molecular weight excluding hydrogens is 350 g/mol. The summed E-state index contributed by atoms with van der Waals surface area (Å²) in [4.78, 5) is 13.4. The Morgan fingerprint density at radius 2 is 1.89 bits per heavy atom. The van der Waals surface area contributed by atoms with E-state index in [0.29, 0.717) is 23.8 Å². The minimum Gasteiger partial charge on any atom is -0.381 e. The van der Waals surface area contributed by atoms with Crippen molar-refractivity contribution in [2.24, 2.45) is 5.92 Å². The van der Waals surface area contributed by atoms with Gasteiger partial charge in [0.1, 0.15) is 5.69 Å².